The Balaban J connectivity index is 2.27. The number of aromatic nitrogens is 2. The summed E-state index contributed by atoms with van der Waals surface area (Å²) in [5.74, 6) is 0.395. The van der Waals surface area contributed by atoms with Crippen LogP contribution in [-0.4, -0.2) is 32.9 Å². The van der Waals surface area contributed by atoms with Gasteiger partial charge in [-0.15, -0.1) is 0 Å². The Morgan fingerprint density at radius 3 is 2.94 bits per heavy atom. The number of hydrogen-bond donors (Lipinski definition) is 2. The first-order chi connectivity index (χ1) is 8.69. The van der Waals surface area contributed by atoms with E-state index in [4.69, 9.17) is 5.11 Å². The number of aliphatic hydroxyl groups is 1. The van der Waals surface area contributed by atoms with Gasteiger partial charge in [0.15, 0.2) is 5.16 Å². The van der Waals surface area contributed by atoms with Crippen LogP contribution in [0.15, 0.2) is 11.4 Å². The SMILES string of the molecule is CCCCCNC(=O)CSc1ncc(CO)n1C. The molecule has 5 nitrogen and oxygen atoms in total. The first-order valence-electron chi connectivity index (χ1n) is 6.20. The Kier molecular flexibility index (Phi) is 6.82. The fourth-order valence-electron chi connectivity index (χ4n) is 1.49. The summed E-state index contributed by atoms with van der Waals surface area (Å²) in [6, 6.07) is 0. The maximum atomic E-state index is 11.5. The molecule has 1 heterocycles. The molecule has 0 aliphatic rings. The first-order valence-corrected chi connectivity index (χ1v) is 7.18. The van der Waals surface area contributed by atoms with Gasteiger partial charge in [0, 0.05) is 13.6 Å². The van der Waals surface area contributed by atoms with E-state index in [0.29, 0.717) is 5.75 Å². The van der Waals surface area contributed by atoms with Crippen LogP contribution in [0.1, 0.15) is 31.9 Å². The van der Waals surface area contributed by atoms with Gasteiger partial charge in [-0.25, -0.2) is 4.98 Å². The molecule has 2 N–H and O–H groups in total. The van der Waals surface area contributed by atoms with Crippen LogP contribution in [-0.2, 0) is 18.4 Å². The molecule has 0 aromatic carbocycles. The van der Waals surface area contributed by atoms with Crippen LogP contribution < -0.4 is 5.32 Å². The van der Waals surface area contributed by atoms with Gasteiger partial charge in [0.1, 0.15) is 0 Å². The van der Waals surface area contributed by atoms with Crippen molar-refractivity contribution >= 4 is 17.7 Å². The lowest BCUT2D eigenvalue weighted by Crippen LogP contribution is -2.26. The molecule has 0 saturated heterocycles. The summed E-state index contributed by atoms with van der Waals surface area (Å²) in [7, 11) is 1.83. The van der Waals surface area contributed by atoms with E-state index in [0.717, 1.165) is 36.7 Å². The molecule has 0 atom stereocenters. The molecule has 0 aliphatic carbocycles. The van der Waals surface area contributed by atoms with Gasteiger partial charge < -0.3 is 15.0 Å². The third-order valence-electron chi connectivity index (χ3n) is 2.64. The average Bonchev–Trinajstić information content (AvgIpc) is 2.73. The van der Waals surface area contributed by atoms with Crippen LogP contribution >= 0.6 is 11.8 Å². The fourth-order valence-corrected chi connectivity index (χ4v) is 2.29. The largest absolute Gasteiger partial charge is 0.390 e. The maximum absolute atomic E-state index is 11.5. The molecule has 102 valence electrons. The molecule has 0 saturated carbocycles. The number of carbonyl (C=O) groups excluding carboxylic acids is 1. The van der Waals surface area contributed by atoms with E-state index in [2.05, 4.69) is 17.2 Å². The number of carbonyl (C=O) groups is 1. The number of unbranched alkanes of at least 4 members (excludes halogenated alkanes) is 2. The molecular weight excluding hydrogens is 250 g/mol. The third-order valence-corrected chi connectivity index (χ3v) is 3.68. The zero-order valence-electron chi connectivity index (χ0n) is 11.0. The van der Waals surface area contributed by atoms with Crippen LogP contribution in [0.3, 0.4) is 0 Å². The van der Waals surface area contributed by atoms with E-state index in [1.165, 1.54) is 11.8 Å². The van der Waals surface area contributed by atoms with Gasteiger partial charge in [-0.05, 0) is 6.42 Å². The molecule has 1 amide bonds. The van der Waals surface area contributed by atoms with E-state index in [1.807, 2.05) is 7.05 Å². The van der Waals surface area contributed by atoms with Crippen molar-refractivity contribution < 1.29 is 9.90 Å². The molecule has 0 spiro atoms. The smallest absolute Gasteiger partial charge is 0.230 e. The Morgan fingerprint density at radius 2 is 2.33 bits per heavy atom. The van der Waals surface area contributed by atoms with Gasteiger partial charge in [0.25, 0.3) is 0 Å². The molecule has 1 aromatic heterocycles. The van der Waals surface area contributed by atoms with E-state index in [9.17, 15) is 4.79 Å². The van der Waals surface area contributed by atoms with Crippen molar-refractivity contribution in [1.82, 2.24) is 14.9 Å². The molecule has 1 aromatic rings. The molecule has 0 radical (unpaired) electrons. The Bertz CT molecular complexity index is 379. The molecule has 0 unspecified atom stereocenters. The summed E-state index contributed by atoms with van der Waals surface area (Å²) in [4.78, 5) is 15.7. The summed E-state index contributed by atoms with van der Waals surface area (Å²) in [6.45, 7) is 2.85. The van der Waals surface area contributed by atoms with Crippen LogP contribution in [0.2, 0.25) is 0 Å². The van der Waals surface area contributed by atoms with Gasteiger partial charge in [-0.3, -0.25) is 4.79 Å². The zero-order chi connectivity index (χ0) is 13.4. The zero-order valence-corrected chi connectivity index (χ0v) is 11.8. The minimum atomic E-state index is -0.0345. The predicted octanol–water partition coefficient (Wildman–Crippen LogP) is 1.31. The first kappa shape index (κ1) is 15.0. The van der Waals surface area contributed by atoms with Gasteiger partial charge >= 0.3 is 0 Å². The van der Waals surface area contributed by atoms with Gasteiger partial charge in [-0.2, -0.15) is 0 Å². The number of thioether (sulfide) groups is 1. The number of nitrogens with one attached hydrogen (secondary N) is 1. The minimum absolute atomic E-state index is 0.0321. The van der Waals surface area contributed by atoms with Crippen molar-refractivity contribution in [2.45, 2.75) is 37.9 Å². The normalized spacial score (nSPS) is 10.6. The average molecular weight is 271 g/mol. The quantitative estimate of drug-likeness (QED) is 0.552. The topological polar surface area (TPSA) is 67.2 Å². The Morgan fingerprint density at radius 1 is 1.56 bits per heavy atom. The van der Waals surface area contributed by atoms with Crippen molar-refractivity contribution in [3.63, 3.8) is 0 Å². The minimum Gasteiger partial charge on any atom is -0.390 e. The molecule has 0 fully saturated rings. The highest BCUT2D eigenvalue weighted by molar-refractivity contribution is 7.99. The third kappa shape index (κ3) is 4.70. The summed E-state index contributed by atoms with van der Waals surface area (Å²) >= 11 is 1.38. The Labute approximate surface area is 112 Å². The highest BCUT2D eigenvalue weighted by Gasteiger charge is 2.08. The summed E-state index contributed by atoms with van der Waals surface area (Å²) < 4.78 is 1.80. The van der Waals surface area contributed by atoms with Crippen LogP contribution in [0.4, 0.5) is 0 Å². The van der Waals surface area contributed by atoms with Gasteiger partial charge in [0.05, 0.1) is 24.3 Å². The van der Waals surface area contributed by atoms with Crippen LogP contribution in [0, 0.1) is 0 Å². The van der Waals surface area contributed by atoms with Gasteiger partial charge in [0.2, 0.25) is 5.91 Å². The second-order valence-corrected chi connectivity index (χ2v) is 5.04. The van der Waals surface area contributed by atoms with E-state index < -0.39 is 0 Å². The summed E-state index contributed by atoms with van der Waals surface area (Å²) in [5, 5.41) is 12.7. The number of rotatable bonds is 8. The number of amides is 1. The number of imidazole rings is 1. The predicted molar refractivity (Wildman–Crippen MR) is 72.4 cm³/mol. The van der Waals surface area contributed by atoms with E-state index >= 15 is 0 Å². The Hall–Kier alpha value is -1.01. The molecule has 0 bridgehead atoms. The van der Waals surface area contributed by atoms with Crippen molar-refractivity contribution in [3.05, 3.63) is 11.9 Å². The summed E-state index contributed by atoms with van der Waals surface area (Å²) in [6.07, 6.45) is 4.96. The molecule has 6 heteroatoms. The number of hydrogen-bond acceptors (Lipinski definition) is 4. The highest BCUT2D eigenvalue weighted by Crippen LogP contribution is 2.16. The lowest BCUT2D eigenvalue weighted by molar-refractivity contribution is -0.118. The van der Waals surface area contributed by atoms with Crippen molar-refractivity contribution in [3.8, 4) is 0 Å². The van der Waals surface area contributed by atoms with Crippen molar-refractivity contribution in [2.24, 2.45) is 7.05 Å². The van der Waals surface area contributed by atoms with Crippen LogP contribution in [0.25, 0.3) is 0 Å². The monoisotopic (exact) mass is 271 g/mol. The van der Waals surface area contributed by atoms with Crippen molar-refractivity contribution in [1.29, 1.82) is 0 Å². The second kappa shape index (κ2) is 8.16. The molecule has 18 heavy (non-hydrogen) atoms. The number of aliphatic hydroxyl groups excluding tert-OH is 1. The van der Waals surface area contributed by atoms with E-state index in [-0.39, 0.29) is 12.5 Å². The number of nitrogens with zero attached hydrogens (tertiary/aromatic N) is 2. The van der Waals surface area contributed by atoms with E-state index in [1.54, 1.807) is 10.8 Å². The van der Waals surface area contributed by atoms with Gasteiger partial charge in [-0.1, -0.05) is 31.5 Å². The van der Waals surface area contributed by atoms with Crippen LogP contribution in [0.5, 0.6) is 0 Å². The maximum Gasteiger partial charge on any atom is 0.230 e. The molecule has 1 rings (SSSR count). The lowest BCUT2D eigenvalue weighted by atomic mass is 10.2. The van der Waals surface area contributed by atoms with Crippen molar-refractivity contribution in [2.75, 3.05) is 12.3 Å². The fraction of sp³-hybridized carbons (Fsp3) is 0.667. The second-order valence-electron chi connectivity index (χ2n) is 4.09. The lowest BCUT2D eigenvalue weighted by Gasteiger charge is -2.05. The molecular formula is C12H21N3O2S. The highest BCUT2D eigenvalue weighted by atomic mass is 32.2. The molecule has 0 aliphatic heterocycles. The summed E-state index contributed by atoms with van der Waals surface area (Å²) in [5.41, 5.74) is 0.751. The standard InChI is InChI=1S/C12H21N3O2S/c1-3-4-5-6-13-11(17)9-18-12-14-7-10(8-16)15(12)2/h7,16H,3-6,8-9H2,1-2H3,(H,13,17).